The SMILES string of the molecule is O=C(c1cc2cc(F)ccc2[nH]1)N1CCN(c2ccc(C(F)(F)F)cn2)CC1. The van der Waals surface area contributed by atoms with Crippen LogP contribution in [0.2, 0.25) is 0 Å². The number of alkyl halides is 3. The van der Waals surface area contributed by atoms with Crippen molar-refractivity contribution in [3.05, 3.63) is 59.7 Å². The normalized spacial score (nSPS) is 15.3. The zero-order valence-electron chi connectivity index (χ0n) is 14.6. The number of pyridine rings is 1. The lowest BCUT2D eigenvalue weighted by atomic mass is 10.2. The van der Waals surface area contributed by atoms with Gasteiger partial charge >= 0.3 is 6.18 Å². The van der Waals surface area contributed by atoms with Crippen LogP contribution in [-0.4, -0.2) is 47.0 Å². The van der Waals surface area contributed by atoms with E-state index < -0.39 is 11.7 Å². The lowest BCUT2D eigenvalue weighted by Gasteiger charge is -2.35. The van der Waals surface area contributed by atoms with E-state index in [9.17, 15) is 22.4 Å². The van der Waals surface area contributed by atoms with Crippen LogP contribution in [0.15, 0.2) is 42.6 Å². The molecule has 1 fully saturated rings. The average molecular weight is 392 g/mol. The van der Waals surface area contributed by atoms with Crippen molar-refractivity contribution in [2.24, 2.45) is 0 Å². The van der Waals surface area contributed by atoms with Gasteiger partial charge in [0.25, 0.3) is 5.91 Å². The van der Waals surface area contributed by atoms with Gasteiger partial charge in [-0.15, -0.1) is 0 Å². The molecule has 0 bridgehead atoms. The Labute approximate surface area is 157 Å². The molecular weight excluding hydrogens is 376 g/mol. The highest BCUT2D eigenvalue weighted by Gasteiger charge is 2.31. The molecular formula is C19H16F4N4O. The van der Waals surface area contributed by atoms with Gasteiger partial charge in [0.2, 0.25) is 0 Å². The predicted octanol–water partition coefficient (Wildman–Crippen LogP) is 3.68. The summed E-state index contributed by atoms with van der Waals surface area (Å²) in [4.78, 5) is 23.1. The van der Waals surface area contributed by atoms with Crippen molar-refractivity contribution in [2.75, 3.05) is 31.1 Å². The van der Waals surface area contributed by atoms with Gasteiger partial charge < -0.3 is 14.8 Å². The number of nitrogens with one attached hydrogen (secondary N) is 1. The third kappa shape index (κ3) is 3.51. The van der Waals surface area contributed by atoms with Crippen LogP contribution in [0.25, 0.3) is 10.9 Å². The van der Waals surface area contributed by atoms with Crippen molar-refractivity contribution < 1.29 is 22.4 Å². The Balaban J connectivity index is 1.42. The molecule has 9 heteroatoms. The van der Waals surface area contributed by atoms with Crippen molar-refractivity contribution in [1.29, 1.82) is 0 Å². The molecule has 1 aromatic carbocycles. The summed E-state index contributed by atoms with van der Waals surface area (Å²) in [5, 5.41) is 0.621. The van der Waals surface area contributed by atoms with E-state index in [0.717, 1.165) is 12.3 Å². The van der Waals surface area contributed by atoms with E-state index in [-0.39, 0.29) is 11.7 Å². The van der Waals surface area contributed by atoms with E-state index in [1.807, 2.05) is 4.90 Å². The number of nitrogens with zero attached hydrogens (tertiary/aromatic N) is 3. The quantitative estimate of drug-likeness (QED) is 0.677. The fourth-order valence-electron chi connectivity index (χ4n) is 3.27. The fourth-order valence-corrected chi connectivity index (χ4v) is 3.27. The highest BCUT2D eigenvalue weighted by molar-refractivity contribution is 5.98. The van der Waals surface area contributed by atoms with Crippen LogP contribution in [0.4, 0.5) is 23.4 Å². The van der Waals surface area contributed by atoms with Crippen molar-refractivity contribution in [1.82, 2.24) is 14.9 Å². The maximum absolute atomic E-state index is 13.3. The molecule has 1 aliphatic rings. The van der Waals surface area contributed by atoms with Crippen molar-refractivity contribution in [3.8, 4) is 0 Å². The summed E-state index contributed by atoms with van der Waals surface area (Å²) in [6.07, 6.45) is -3.60. The summed E-state index contributed by atoms with van der Waals surface area (Å²) < 4.78 is 51.2. The van der Waals surface area contributed by atoms with Gasteiger partial charge in [0.05, 0.1) is 5.56 Å². The van der Waals surface area contributed by atoms with Crippen LogP contribution in [-0.2, 0) is 6.18 Å². The first-order valence-electron chi connectivity index (χ1n) is 8.67. The number of carbonyl (C=O) groups excluding carboxylic acids is 1. The number of amides is 1. The molecule has 1 saturated heterocycles. The molecule has 3 aromatic rings. The van der Waals surface area contributed by atoms with Gasteiger partial charge in [0.15, 0.2) is 0 Å². The van der Waals surface area contributed by atoms with Crippen LogP contribution in [0.3, 0.4) is 0 Å². The number of aromatic nitrogens is 2. The van der Waals surface area contributed by atoms with Gasteiger partial charge in [0, 0.05) is 43.3 Å². The molecule has 0 atom stereocenters. The molecule has 1 aliphatic heterocycles. The standard InChI is InChI=1S/C19H16F4N4O/c20-14-2-3-15-12(9-14)10-16(25-15)18(28)27-7-5-26(6-8-27)17-4-1-13(11-24-17)19(21,22)23/h1-4,9-11,25H,5-8H2. The van der Waals surface area contributed by atoms with Gasteiger partial charge in [-0.05, 0) is 36.4 Å². The van der Waals surface area contributed by atoms with Crippen LogP contribution in [0, 0.1) is 5.82 Å². The van der Waals surface area contributed by atoms with E-state index in [1.165, 1.54) is 18.2 Å². The number of hydrogen-bond acceptors (Lipinski definition) is 3. The van der Waals surface area contributed by atoms with Gasteiger partial charge in [-0.3, -0.25) is 4.79 Å². The van der Waals surface area contributed by atoms with Gasteiger partial charge in [-0.25, -0.2) is 9.37 Å². The Morgan fingerprint density at radius 1 is 1.04 bits per heavy atom. The Bertz CT molecular complexity index is 1000. The predicted molar refractivity (Wildman–Crippen MR) is 95.6 cm³/mol. The number of rotatable bonds is 2. The Kier molecular flexibility index (Phi) is 4.44. The number of carbonyl (C=O) groups is 1. The minimum atomic E-state index is -4.42. The van der Waals surface area contributed by atoms with E-state index in [4.69, 9.17) is 0 Å². The van der Waals surface area contributed by atoms with Crippen molar-refractivity contribution in [3.63, 3.8) is 0 Å². The van der Waals surface area contributed by atoms with E-state index >= 15 is 0 Å². The van der Waals surface area contributed by atoms with Crippen LogP contribution in [0.1, 0.15) is 16.1 Å². The molecule has 0 aliphatic carbocycles. The molecule has 0 saturated carbocycles. The fraction of sp³-hybridized carbons (Fsp3) is 0.263. The Hall–Kier alpha value is -3.10. The number of aromatic amines is 1. The topological polar surface area (TPSA) is 52.2 Å². The second kappa shape index (κ2) is 6.81. The lowest BCUT2D eigenvalue weighted by molar-refractivity contribution is -0.137. The van der Waals surface area contributed by atoms with Crippen LogP contribution < -0.4 is 4.90 Å². The molecule has 0 unspecified atom stereocenters. The minimum absolute atomic E-state index is 0.198. The largest absolute Gasteiger partial charge is 0.417 e. The number of benzene rings is 1. The number of fused-ring (bicyclic) bond motifs is 1. The highest BCUT2D eigenvalue weighted by atomic mass is 19.4. The number of halogens is 4. The van der Waals surface area contributed by atoms with E-state index in [0.29, 0.717) is 48.6 Å². The molecule has 0 radical (unpaired) electrons. The van der Waals surface area contributed by atoms with Crippen LogP contribution in [0.5, 0.6) is 0 Å². The minimum Gasteiger partial charge on any atom is -0.353 e. The molecule has 3 heterocycles. The summed E-state index contributed by atoms with van der Waals surface area (Å²) in [6, 6.07) is 8.22. The molecule has 1 amide bonds. The molecule has 146 valence electrons. The molecule has 1 N–H and O–H groups in total. The van der Waals surface area contributed by atoms with Crippen molar-refractivity contribution in [2.45, 2.75) is 6.18 Å². The maximum atomic E-state index is 13.3. The molecule has 0 spiro atoms. The Morgan fingerprint density at radius 3 is 2.43 bits per heavy atom. The third-order valence-electron chi connectivity index (χ3n) is 4.78. The number of anilines is 1. The summed E-state index contributed by atoms with van der Waals surface area (Å²) in [6.45, 7) is 1.73. The zero-order valence-corrected chi connectivity index (χ0v) is 14.6. The summed E-state index contributed by atoms with van der Waals surface area (Å²) in [5.41, 5.74) is 0.263. The molecule has 2 aromatic heterocycles. The molecule has 28 heavy (non-hydrogen) atoms. The molecule has 4 rings (SSSR count). The summed E-state index contributed by atoms with van der Waals surface area (Å²) in [7, 11) is 0. The number of H-pyrrole nitrogens is 1. The van der Waals surface area contributed by atoms with E-state index in [2.05, 4.69) is 9.97 Å². The highest BCUT2D eigenvalue weighted by Crippen LogP contribution is 2.29. The smallest absolute Gasteiger partial charge is 0.353 e. The molecule has 5 nitrogen and oxygen atoms in total. The third-order valence-corrected chi connectivity index (χ3v) is 4.78. The zero-order chi connectivity index (χ0) is 19.9. The second-order valence-corrected chi connectivity index (χ2v) is 6.60. The summed E-state index contributed by atoms with van der Waals surface area (Å²) in [5.74, 6) is -0.124. The number of hydrogen-bond donors (Lipinski definition) is 1. The Morgan fingerprint density at radius 2 is 1.79 bits per heavy atom. The maximum Gasteiger partial charge on any atom is 0.417 e. The van der Waals surface area contributed by atoms with E-state index in [1.54, 1.807) is 17.0 Å². The number of piperazine rings is 1. The van der Waals surface area contributed by atoms with Crippen molar-refractivity contribution >= 4 is 22.6 Å². The monoisotopic (exact) mass is 392 g/mol. The van der Waals surface area contributed by atoms with Crippen LogP contribution >= 0.6 is 0 Å². The first-order chi connectivity index (χ1) is 13.3. The lowest BCUT2D eigenvalue weighted by Crippen LogP contribution is -2.49. The first kappa shape index (κ1) is 18.3. The average Bonchev–Trinajstić information content (AvgIpc) is 3.10. The summed E-state index contributed by atoms with van der Waals surface area (Å²) >= 11 is 0. The van der Waals surface area contributed by atoms with Gasteiger partial charge in [0.1, 0.15) is 17.3 Å². The second-order valence-electron chi connectivity index (χ2n) is 6.60. The van der Waals surface area contributed by atoms with Gasteiger partial charge in [-0.2, -0.15) is 13.2 Å². The van der Waals surface area contributed by atoms with Gasteiger partial charge in [-0.1, -0.05) is 0 Å². The first-order valence-corrected chi connectivity index (χ1v) is 8.67.